The van der Waals surface area contributed by atoms with E-state index in [-0.39, 0.29) is 0 Å². The van der Waals surface area contributed by atoms with E-state index >= 15 is 0 Å². The van der Waals surface area contributed by atoms with Crippen LogP contribution in [0.4, 0.5) is 0 Å². The third kappa shape index (κ3) is 4.36. The molecule has 2 aliphatic rings. The third-order valence-corrected chi connectivity index (χ3v) is 7.03. The second kappa shape index (κ2) is 6.21. The molecule has 0 bridgehead atoms. The second-order valence-corrected chi connectivity index (χ2v) is 9.02. The number of hydrogen-bond acceptors (Lipinski definition) is 3. The molecule has 0 amide bonds. The Morgan fingerprint density at radius 1 is 1.29 bits per heavy atom. The van der Waals surface area contributed by atoms with Crippen molar-refractivity contribution in [3.63, 3.8) is 0 Å². The van der Waals surface area contributed by atoms with Crippen LogP contribution in [0.2, 0.25) is 0 Å². The van der Waals surface area contributed by atoms with Gasteiger partial charge in [-0.2, -0.15) is 23.5 Å². The molecule has 17 heavy (non-hydrogen) atoms. The van der Waals surface area contributed by atoms with Crippen LogP contribution in [0.5, 0.6) is 0 Å². The van der Waals surface area contributed by atoms with Crippen molar-refractivity contribution >= 4 is 23.5 Å². The van der Waals surface area contributed by atoms with Crippen LogP contribution in [-0.4, -0.2) is 35.1 Å². The van der Waals surface area contributed by atoms with Crippen molar-refractivity contribution in [3.05, 3.63) is 0 Å². The molecule has 100 valence electrons. The number of hydrogen-bond donors (Lipinski definition) is 1. The minimum absolute atomic E-state index is 0.576. The first-order chi connectivity index (χ1) is 8.07. The number of nitrogens with one attached hydrogen (secondary N) is 1. The van der Waals surface area contributed by atoms with Crippen LogP contribution >= 0.6 is 23.5 Å². The maximum Gasteiger partial charge on any atom is 0.0263 e. The molecular weight excluding hydrogens is 246 g/mol. The predicted octanol–water partition coefficient (Wildman–Crippen LogP) is 3.64. The zero-order valence-electron chi connectivity index (χ0n) is 11.5. The van der Waals surface area contributed by atoms with Crippen molar-refractivity contribution in [1.82, 2.24) is 5.32 Å². The zero-order chi connectivity index (χ0) is 12.3. The van der Waals surface area contributed by atoms with Gasteiger partial charge in [0.05, 0.1) is 0 Å². The van der Waals surface area contributed by atoms with E-state index in [9.17, 15) is 0 Å². The van der Waals surface area contributed by atoms with Gasteiger partial charge in [-0.15, -0.1) is 0 Å². The van der Waals surface area contributed by atoms with Crippen LogP contribution in [0.1, 0.15) is 40.0 Å². The van der Waals surface area contributed by atoms with Crippen LogP contribution in [0.15, 0.2) is 0 Å². The molecule has 1 saturated heterocycles. The fourth-order valence-electron chi connectivity index (χ4n) is 3.19. The molecule has 0 aromatic carbocycles. The lowest BCUT2D eigenvalue weighted by Gasteiger charge is -2.40. The van der Waals surface area contributed by atoms with E-state index in [0.29, 0.717) is 5.41 Å². The van der Waals surface area contributed by atoms with Gasteiger partial charge in [0.2, 0.25) is 0 Å². The topological polar surface area (TPSA) is 12.0 Å². The van der Waals surface area contributed by atoms with Crippen molar-refractivity contribution in [2.75, 3.05) is 23.8 Å². The molecule has 3 atom stereocenters. The Balaban J connectivity index is 1.72. The average molecular weight is 274 g/mol. The Hall–Kier alpha value is 0.660. The summed E-state index contributed by atoms with van der Waals surface area (Å²) < 4.78 is 0. The highest BCUT2D eigenvalue weighted by Crippen LogP contribution is 2.38. The molecule has 0 aromatic rings. The van der Waals surface area contributed by atoms with Gasteiger partial charge >= 0.3 is 0 Å². The largest absolute Gasteiger partial charge is 0.313 e. The molecule has 2 fully saturated rings. The first kappa shape index (κ1) is 14.1. The monoisotopic (exact) mass is 273 g/mol. The van der Waals surface area contributed by atoms with E-state index < -0.39 is 0 Å². The van der Waals surface area contributed by atoms with Crippen molar-refractivity contribution in [2.24, 2.45) is 11.3 Å². The number of rotatable bonds is 3. The first-order valence-electron chi connectivity index (χ1n) is 6.99. The van der Waals surface area contributed by atoms with Gasteiger partial charge in [-0.05, 0) is 30.6 Å². The summed E-state index contributed by atoms with van der Waals surface area (Å²) >= 11 is 4.30. The molecule has 1 aliphatic heterocycles. The van der Waals surface area contributed by atoms with Crippen LogP contribution in [0.25, 0.3) is 0 Å². The van der Waals surface area contributed by atoms with Crippen LogP contribution in [0.3, 0.4) is 0 Å². The Labute approximate surface area is 115 Å². The SMILES string of the molecule is CC1CC(C)(C)CCC1NCC1CSCCS1. The standard InChI is InChI=1S/C14H27NS2/c1-11-8-14(2,3)5-4-13(11)15-9-12-10-16-6-7-17-12/h11-13,15H,4-10H2,1-3H3. The summed E-state index contributed by atoms with van der Waals surface area (Å²) in [4.78, 5) is 0. The van der Waals surface area contributed by atoms with E-state index in [4.69, 9.17) is 0 Å². The first-order valence-corrected chi connectivity index (χ1v) is 9.20. The Bertz CT molecular complexity index is 236. The summed E-state index contributed by atoms with van der Waals surface area (Å²) in [6.07, 6.45) is 4.15. The molecule has 0 spiro atoms. The summed E-state index contributed by atoms with van der Waals surface area (Å²) in [5, 5.41) is 4.70. The van der Waals surface area contributed by atoms with Crippen LogP contribution < -0.4 is 5.32 Å². The highest BCUT2D eigenvalue weighted by molar-refractivity contribution is 8.06. The van der Waals surface area contributed by atoms with Crippen molar-refractivity contribution in [1.29, 1.82) is 0 Å². The van der Waals surface area contributed by atoms with Crippen LogP contribution in [0, 0.1) is 11.3 Å². The van der Waals surface area contributed by atoms with Gasteiger partial charge in [0.25, 0.3) is 0 Å². The van der Waals surface area contributed by atoms with E-state index in [0.717, 1.165) is 17.2 Å². The zero-order valence-corrected chi connectivity index (χ0v) is 13.1. The van der Waals surface area contributed by atoms with Crippen LogP contribution in [-0.2, 0) is 0 Å². The highest BCUT2D eigenvalue weighted by atomic mass is 32.2. The van der Waals surface area contributed by atoms with Crippen molar-refractivity contribution in [3.8, 4) is 0 Å². The smallest absolute Gasteiger partial charge is 0.0263 e. The molecular formula is C14H27NS2. The van der Waals surface area contributed by atoms with Gasteiger partial charge in [0.1, 0.15) is 0 Å². The van der Waals surface area contributed by atoms with Gasteiger partial charge in [-0.1, -0.05) is 20.8 Å². The lowest BCUT2D eigenvalue weighted by atomic mass is 9.70. The third-order valence-electron chi connectivity index (χ3n) is 4.19. The van der Waals surface area contributed by atoms with Crippen molar-refractivity contribution in [2.45, 2.75) is 51.3 Å². The molecule has 1 N–H and O–H groups in total. The second-order valence-electron chi connectivity index (χ2n) is 6.47. The molecule has 3 heteroatoms. The number of thioether (sulfide) groups is 2. The molecule has 1 heterocycles. The highest BCUT2D eigenvalue weighted by Gasteiger charge is 2.32. The Morgan fingerprint density at radius 3 is 2.76 bits per heavy atom. The molecule has 2 rings (SSSR count). The Kier molecular flexibility index (Phi) is 5.14. The molecule has 1 aliphatic carbocycles. The summed E-state index contributed by atoms with van der Waals surface area (Å²) in [5.74, 6) is 4.91. The Morgan fingerprint density at radius 2 is 2.12 bits per heavy atom. The summed E-state index contributed by atoms with van der Waals surface area (Å²) in [6.45, 7) is 8.51. The molecule has 3 unspecified atom stereocenters. The quantitative estimate of drug-likeness (QED) is 0.843. The maximum absolute atomic E-state index is 3.84. The normalized spacial score (nSPS) is 37.9. The fourth-order valence-corrected chi connectivity index (χ4v) is 5.81. The van der Waals surface area contributed by atoms with E-state index in [1.807, 2.05) is 0 Å². The maximum atomic E-state index is 3.84. The van der Waals surface area contributed by atoms with E-state index in [1.54, 1.807) is 0 Å². The summed E-state index contributed by atoms with van der Waals surface area (Å²) in [6, 6.07) is 0.774. The van der Waals surface area contributed by atoms with Crippen molar-refractivity contribution < 1.29 is 0 Å². The lowest BCUT2D eigenvalue weighted by molar-refractivity contribution is 0.149. The minimum Gasteiger partial charge on any atom is -0.313 e. The van der Waals surface area contributed by atoms with Gasteiger partial charge in [-0.25, -0.2) is 0 Å². The van der Waals surface area contributed by atoms with Gasteiger partial charge in [-0.3, -0.25) is 0 Å². The average Bonchev–Trinajstić information content (AvgIpc) is 2.28. The minimum atomic E-state index is 0.576. The van der Waals surface area contributed by atoms with Gasteiger partial charge in [0.15, 0.2) is 0 Å². The van der Waals surface area contributed by atoms with E-state index in [1.165, 1.54) is 43.1 Å². The molecule has 1 nitrogen and oxygen atoms in total. The molecule has 1 saturated carbocycles. The molecule has 0 aromatic heterocycles. The fraction of sp³-hybridized carbons (Fsp3) is 1.00. The molecule has 0 radical (unpaired) electrons. The summed E-state index contributed by atoms with van der Waals surface area (Å²) in [7, 11) is 0. The predicted molar refractivity (Wildman–Crippen MR) is 82.2 cm³/mol. The van der Waals surface area contributed by atoms with E-state index in [2.05, 4.69) is 49.6 Å². The van der Waals surface area contributed by atoms with Gasteiger partial charge in [0, 0.05) is 35.1 Å². The summed E-state index contributed by atoms with van der Waals surface area (Å²) in [5.41, 5.74) is 0.576. The lowest BCUT2D eigenvalue weighted by Crippen LogP contribution is -2.44. The van der Waals surface area contributed by atoms with Gasteiger partial charge < -0.3 is 5.32 Å².